The Morgan fingerprint density at radius 3 is 2.44 bits per heavy atom. The Labute approximate surface area is 104 Å². The molecule has 1 rings (SSSR count). The normalized spacial score (nSPS) is 10.9. The first kappa shape index (κ1) is 15.4. The Hall–Kier alpha value is -2.57. The fourth-order valence-electron chi connectivity index (χ4n) is 0.938. The van der Waals surface area contributed by atoms with Gasteiger partial charge in [0.2, 0.25) is 0 Å². The van der Waals surface area contributed by atoms with E-state index in [1.54, 1.807) is 0 Å². The number of H-pyrrole nitrogens is 1. The van der Waals surface area contributed by atoms with Crippen LogP contribution in [0.15, 0.2) is 18.2 Å². The second-order valence-electron chi connectivity index (χ2n) is 2.82. The van der Waals surface area contributed by atoms with Crippen molar-refractivity contribution in [2.24, 2.45) is 5.73 Å². The quantitative estimate of drug-likeness (QED) is 0.590. The maximum atomic E-state index is 10.3. The highest BCUT2D eigenvalue weighted by atomic mass is 16.4. The lowest BCUT2D eigenvalue weighted by Crippen LogP contribution is -2.00. The minimum Gasteiger partial charge on any atom is -0.478 e. The van der Waals surface area contributed by atoms with Crippen LogP contribution in [-0.2, 0) is 9.59 Å². The molecule has 0 aliphatic carbocycles. The molecule has 7 heteroatoms. The summed E-state index contributed by atoms with van der Waals surface area (Å²) in [4.78, 5) is 20.5. The molecule has 1 heterocycles. The van der Waals surface area contributed by atoms with Crippen LogP contribution in [0.3, 0.4) is 0 Å². The summed E-state index contributed by atoms with van der Waals surface area (Å²) in [5, 5.41) is 23.0. The Kier molecular flexibility index (Phi) is 6.57. The fourth-order valence-corrected chi connectivity index (χ4v) is 0.938. The van der Waals surface area contributed by atoms with Crippen LogP contribution in [-0.4, -0.2) is 32.3 Å². The van der Waals surface area contributed by atoms with Gasteiger partial charge in [0, 0.05) is 12.2 Å². The first-order chi connectivity index (χ1) is 8.49. The van der Waals surface area contributed by atoms with Gasteiger partial charge in [0.15, 0.2) is 0 Å². The highest BCUT2D eigenvalue weighted by Crippen LogP contribution is 2.08. The minimum absolute atomic E-state index is 0.0151. The van der Waals surface area contributed by atoms with Gasteiger partial charge in [-0.3, -0.25) is 5.10 Å². The van der Waals surface area contributed by atoms with Gasteiger partial charge in [-0.05, 0) is 12.1 Å². The molecule has 5 N–H and O–H groups in total. The average Bonchev–Trinajstić information content (AvgIpc) is 2.77. The van der Waals surface area contributed by atoms with Crippen molar-refractivity contribution in [1.29, 1.82) is 0 Å². The summed E-state index contributed by atoms with van der Waals surface area (Å²) in [7, 11) is 0. The fraction of sp³-hybridized carbons (Fsp3) is 0.182. The van der Waals surface area contributed by atoms with Crippen molar-refractivity contribution in [3.63, 3.8) is 0 Å². The van der Waals surface area contributed by atoms with Crippen molar-refractivity contribution in [2.75, 3.05) is 0 Å². The number of nitrogens with two attached hydrogens (primary N) is 1. The number of aromatic nitrogens is 2. The molecule has 0 bridgehead atoms. The molecule has 0 radical (unpaired) electrons. The summed E-state index contributed by atoms with van der Waals surface area (Å²) in [6.45, 7) is 4.00. The maximum absolute atomic E-state index is 10.3. The van der Waals surface area contributed by atoms with Crippen molar-refractivity contribution in [1.82, 2.24) is 10.2 Å². The highest BCUT2D eigenvalue weighted by molar-refractivity contribution is 5.89. The number of carbonyl (C=O) groups is 2. The lowest BCUT2D eigenvalue weighted by Gasteiger charge is -1.91. The van der Waals surface area contributed by atoms with E-state index in [0.717, 1.165) is 12.2 Å². The second-order valence-corrected chi connectivity index (χ2v) is 2.82. The SMILES string of the molecule is CC.N/C(=C\C(=O)O)c1cc(/C=C/C(=O)O)[nH]n1. The number of aromatic amines is 1. The summed E-state index contributed by atoms with van der Waals surface area (Å²) in [5.41, 5.74) is 6.07. The predicted molar refractivity (Wildman–Crippen MR) is 66.4 cm³/mol. The second kappa shape index (κ2) is 7.66. The van der Waals surface area contributed by atoms with Crippen LogP contribution in [0.1, 0.15) is 25.2 Å². The first-order valence-electron chi connectivity index (χ1n) is 5.16. The van der Waals surface area contributed by atoms with Gasteiger partial charge in [-0.25, -0.2) is 9.59 Å². The van der Waals surface area contributed by atoms with E-state index in [0.29, 0.717) is 5.69 Å². The summed E-state index contributed by atoms with van der Waals surface area (Å²) in [5.74, 6) is -2.27. The molecular formula is C11H15N3O4. The van der Waals surface area contributed by atoms with Crippen LogP contribution in [0.2, 0.25) is 0 Å². The number of rotatable bonds is 4. The van der Waals surface area contributed by atoms with E-state index in [1.807, 2.05) is 13.8 Å². The molecule has 0 saturated carbocycles. The van der Waals surface area contributed by atoms with E-state index >= 15 is 0 Å². The third-order valence-corrected chi connectivity index (χ3v) is 1.58. The van der Waals surface area contributed by atoms with Crippen LogP contribution >= 0.6 is 0 Å². The zero-order chi connectivity index (χ0) is 14.1. The van der Waals surface area contributed by atoms with Crippen molar-refractivity contribution < 1.29 is 19.8 Å². The Balaban J connectivity index is 0.00000137. The summed E-state index contributed by atoms with van der Waals surface area (Å²) in [6.07, 6.45) is 3.02. The Morgan fingerprint density at radius 2 is 1.94 bits per heavy atom. The van der Waals surface area contributed by atoms with Gasteiger partial charge < -0.3 is 15.9 Å². The molecular weight excluding hydrogens is 238 g/mol. The number of carboxylic acid groups (broad SMARTS) is 2. The molecule has 98 valence electrons. The summed E-state index contributed by atoms with van der Waals surface area (Å²) in [6, 6.07) is 1.44. The van der Waals surface area contributed by atoms with Gasteiger partial charge in [0.25, 0.3) is 0 Å². The standard InChI is InChI=1S/C9H9N3O4.C2H6/c10-6(4-9(15)16)7-3-5(11-12-7)1-2-8(13)14;1-2/h1-4H,10H2,(H,11,12)(H,13,14)(H,15,16);1-2H3/b2-1+,6-4-;. The van der Waals surface area contributed by atoms with Gasteiger partial charge in [-0.2, -0.15) is 5.10 Å². The summed E-state index contributed by atoms with van der Waals surface area (Å²) < 4.78 is 0. The zero-order valence-electron chi connectivity index (χ0n) is 10.0. The van der Waals surface area contributed by atoms with E-state index in [2.05, 4.69) is 10.2 Å². The van der Waals surface area contributed by atoms with Gasteiger partial charge in [0.1, 0.15) is 5.69 Å². The Bertz CT molecular complexity index is 474. The van der Waals surface area contributed by atoms with E-state index < -0.39 is 11.9 Å². The van der Waals surface area contributed by atoms with Gasteiger partial charge in [-0.1, -0.05) is 13.8 Å². The molecule has 0 fully saturated rings. The predicted octanol–water partition coefficient (Wildman–Crippen LogP) is 0.918. The molecule has 0 saturated heterocycles. The molecule has 18 heavy (non-hydrogen) atoms. The number of carboxylic acids is 2. The third-order valence-electron chi connectivity index (χ3n) is 1.58. The number of hydrogen-bond acceptors (Lipinski definition) is 4. The molecule has 0 unspecified atom stereocenters. The van der Waals surface area contributed by atoms with E-state index in [-0.39, 0.29) is 11.4 Å². The minimum atomic E-state index is -1.18. The van der Waals surface area contributed by atoms with Crippen LogP contribution in [0.4, 0.5) is 0 Å². The molecule has 1 aromatic rings. The van der Waals surface area contributed by atoms with Gasteiger partial charge in [0.05, 0.1) is 11.4 Å². The van der Waals surface area contributed by atoms with Gasteiger partial charge in [-0.15, -0.1) is 0 Å². The van der Waals surface area contributed by atoms with E-state index in [4.69, 9.17) is 15.9 Å². The van der Waals surface area contributed by atoms with Crippen molar-refractivity contribution >= 4 is 23.7 Å². The van der Waals surface area contributed by atoms with Gasteiger partial charge >= 0.3 is 11.9 Å². The van der Waals surface area contributed by atoms with Crippen LogP contribution in [0, 0.1) is 0 Å². The summed E-state index contributed by atoms with van der Waals surface area (Å²) >= 11 is 0. The molecule has 0 atom stereocenters. The zero-order valence-corrected chi connectivity index (χ0v) is 10.0. The monoisotopic (exact) mass is 253 g/mol. The van der Waals surface area contributed by atoms with Crippen molar-refractivity contribution in [3.05, 3.63) is 29.6 Å². The molecule has 7 nitrogen and oxygen atoms in total. The maximum Gasteiger partial charge on any atom is 0.330 e. The topological polar surface area (TPSA) is 129 Å². The molecule has 0 aliphatic heterocycles. The molecule has 1 aromatic heterocycles. The molecule has 0 aromatic carbocycles. The van der Waals surface area contributed by atoms with E-state index in [9.17, 15) is 9.59 Å². The largest absolute Gasteiger partial charge is 0.478 e. The number of aliphatic carboxylic acids is 2. The molecule has 0 amide bonds. The first-order valence-corrected chi connectivity index (χ1v) is 5.16. The molecule has 0 aliphatic rings. The lowest BCUT2D eigenvalue weighted by atomic mass is 10.2. The smallest absolute Gasteiger partial charge is 0.330 e. The van der Waals surface area contributed by atoms with Crippen LogP contribution in [0.5, 0.6) is 0 Å². The number of nitrogens with one attached hydrogen (secondary N) is 1. The van der Waals surface area contributed by atoms with E-state index in [1.165, 1.54) is 12.1 Å². The number of nitrogens with zero attached hydrogens (tertiary/aromatic N) is 1. The van der Waals surface area contributed by atoms with Crippen molar-refractivity contribution in [3.8, 4) is 0 Å². The average molecular weight is 253 g/mol. The van der Waals surface area contributed by atoms with Crippen LogP contribution in [0.25, 0.3) is 11.8 Å². The van der Waals surface area contributed by atoms with Crippen molar-refractivity contribution in [2.45, 2.75) is 13.8 Å². The lowest BCUT2D eigenvalue weighted by molar-refractivity contribution is -0.132. The van der Waals surface area contributed by atoms with Crippen LogP contribution < -0.4 is 5.73 Å². The highest BCUT2D eigenvalue weighted by Gasteiger charge is 2.03. The number of hydrogen-bond donors (Lipinski definition) is 4. The molecule has 0 spiro atoms. The Morgan fingerprint density at radius 1 is 1.33 bits per heavy atom. The third kappa shape index (κ3) is 5.50.